The summed E-state index contributed by atoms with van der Waals surface area (Å²) in [4.78, 5) is 64.5. The van der Waals surface area contributed by atoms with Crippen LogP contribution in [0.25, 0.3) is 88.6 Å². The minimum atomic E-state index is -1.37. The summed E-state index contributed by atoms with van der Waals surface area (Å²) in [5, 5.41) is 45.9. The number of aromatic nitrogens is 4. The van der Waals surface area contributed by atoms with E-state index in [4.69, 9.17) is 9.97 Å². The van der Waals surface area contributed by atoms with Crippen LogP contribution < -0.4 is 10.2 Å². The van der Waals surface area contributed by atoms with E-state index < -0.39 is 23.9 Å². The summed E-state index contributed by atoms with van der Waals surface area (Å²) in [7, 11) is 0. The predicted molar refractivity (Wildman–Crippen MR) is 187 cm³/mol. The summed E-state index contributed by atoms with van der Waals surface area (Å²) in [5.74, 6) is -4.96. The average Bonchev–Trinajstić information content (AvgIpc) is 3.85. The van der Waals surface area contributed by atoms with E-state index in [-0.39, 0.29) is 39.0 Å². The van der Waals surface area contributed by atoms with E-state index in [1.54, 1.807) is 54.6 Å². The van der Waals surface area contributed by atoms with Gasteiger partial charge in [-0.05, 0) is 71.8 Å². The third kappa shape index (κ3) is 5.30. The normalized spacial score (nSPS) is 11.5. The Balaban J connectivity index is 0.00000400. The summed E-state index contributed by atoms with van der Waals surface area (Å²) in [5.41, 5.74) is 6.12. The molecule has 4 aromatic carbocycles. The first-order chi connectivity index (χ1) is 25.0. The van der Waals surface area contributed by atoms with E-state index in [1.165, 1.54) is 42.5 Å². The van der Waals surface area contributed by atoms with Gasteiger partial charge in [0.1, 0.15) is 0 Å². The van der Waals surface area contributed by atoms with Gasteiger partial charge in [-0.3, -0.25) is 0 Å². The summed E-state index contributed by atoms with van der Waals surface area (Å²) in [6.45, 7) is 0. The van der Waals surface area contributed by atoms with E-state index in [0.717, 1.165) is 0 Å². The molecule has 13 heteroatoms. The van der Waals surface area contributed by atoms with Crippen LogP contribution in [0, 0.1) is 0 Å². The molecule has 0 saturated carbocycles. The molecule has 1 radical (unpaired) electrons. The Labute approximate surface area is 307 Å². The van der Waals surface area contributed by atoms with Gasteiger partial charge in [-0.1, -0.05) is 36.4 Å². The molecule has 12 nitrogen and oxygen atoms in total. The third-order valence-electron chi connectivity index (χ3n) is 9.45. The third-order valence-corrected chi connectivity index (χ3v) is 9.45. The maximum Gasteiger partial charge on any atom is 2.00 e. The minimum Gasteiger partial charge on any atom is -0.545 e. The molecule has 257 valence electrons. The van der Waals surface area contributed by atoms with Gasteiger partial charge in [0, 0.05) is 65.9 Å². The number of nitrogens with one attached hydrogen (secondary N) is 2. The van der Waals surface area contributed by atoms with Crippen LogP contribution in [0.5, 0.6) is 0 Å². The largest absolute Gasteiger partial charge is 2.00 e. The van der Waals surface area contributed by atoms with Crippen LogP contribution in [0.1, 0.15) is 41.4 Å². The second-order valence-corrected chi connectivity index (χ2v) is 12.5. The molecule has 53 heavy (non-hydrogen) atoms. The number of hydrogen-bond acceptors (Lipinski definition) is 8. The van der Waals surface area contributed by atoms with Crippen molar-refractivity contribution in [2.24, 2.45) is 0 Å². The van der Waals surface area contributed by atoms with Gasteiger partial charge in [-0.2, -0.15) is 0 Å². The van der Waals surface area contributed by atoms with Gasteiger partial charge in [-0.25, -0.2) is 19.6 Å². The van der Waals surface area contributed by atoms with Crippen LogP contribution in [0.3, 0.4) is 0 Å². The molecule has 0 saturated heterocycles. The number of H-pyrrole nitrogens is 2. The van der Waals surface area contributed by atoms with Gasteiger partial charge < -0.3 is 40.0 Å². The molecule has 0 amide bonds. The van der Waals surface area contributed by atoms with Gasteiger partial charge in [0.25, 0.3) is 0 Å². The number of nitrogens with zero attached hydrogens (tertiary/aromatic N) is 2. The maximum atomic E-state index is 12.0. The zero-order chi connectivity index (χ0) is 36.0. The Morgan fingerprint density at radius 2 is 0.811 bits per heavy atom. The van der Waals surface area contributed by atoms with Crippen LogP contribution in [0.2, 0.25) is 0 Å². The molecule has 0 atom stereocenters. The summed E-state index contributed by atoms with van der Waals surface area (Å²) in [6.07, 6.45) is 0. The van der Waals surface area contributed by atoms with Crippen LogP contribution in [-0.4, -0.2) is 54.0 Å². The van der Waals surface area contributed by atoms with Crippen LogP contribution in [0.4, 0.5) is 0 Å². The summed E-state index contributed by atoms with van der Waals surface area (Å²) in [6, 6.07) is 25.4. The second kappa shape index (κ2) is 12.0. The molecule has 0 aliphatic carbocycles. The molecule has 0 fully saturated rings. The van der Waals surface area contributed by atoms with E-state index in [0.29, 0.717) is 88.6 Å². The molecule has 0 unspecified atom stereocenters. The Hall–Kier alpha value is -7.09. The van der Waals surface area contributed by atoms with Crippen LogP contribution in [0.15, 0.2) is 97.1 Å². The molecule has 7 aromatic rings. The summed E-state index contributed by atoms with van der Waals surface area (Å²) < 4.78 is 0. The van der Waals surface area contributed by atoms with E-state index in [2.05, 4.69) is 9.97 Å². The number of fused-ring (bicyclic) bond motifs is 20. The first-order valence-electron chi connectivity index (χ1n) is 15.8. The molecule has 9 rings (SSSR count). The van der Waals surface area contributed by atoms with Crippen molar-refractivity contribution < 1.29 is 56.4 Å². The van der Waals surface area contributed by atoms with E-state index in [9.17, 15) is 39.6 Å². The SMILES string of the molecule is O=C([O-])c1ccc2c(c1)-c1cc3nc(cc4[nH]c(cc5[nH]c(cc-2n1)c1cc(C(=O)[O-])ccc51)c1cc(C(=O)O)ccc41)-c1cc(C(=O)O)ccc1-3.[Co+2]. The number of carbonyl (C=O) groups is 4. The second-order valence-electron chi connectivity index (χ2n) is 12.5. The number of carbonyl (C=O) groups excluding carboxylic acids is 2. The van der Waals surface area contributed by atoms with Gasteiger partial charge in [0.05, 0.1) is 45.8 Å². The molecular weight excluding hydrogens is 723 g/mol. The molecule has 2 aliphatic rings. The summed E-state index contributed by atoms with van der Waals surface area (Å²) >= 11 is 0. The van der Waals surface area contributed by atoms with Crippen LogP contribution >= 0.6 is 0 Å². The fourth-order valence-corrected chi connectivity index (χ4v) is 6.99. The standard InChI is InChI=1S/C40H22N4O8.Co/c45-37(46)17-1-5-21-25(9-17)33-14-30-23-7-3-19(39(49)50)11-27(23)35(43-30)16-32-24-8-4-20(40(51)52)12-28(24)36(44-32)15-31-22-6-2-18(38(47)48)10-26(22)34(42-31)13-29(21)41-33;/h1-16,41-42H,(H,45,46)(H,47,48)(H,49,50)(H,51,52);/q;+2/p-2. The molecule has 2 aliphatic heterocycles. The van der Waals surface area contributed by atoms with Crippen molar-refractivity contribution in [1.82, 2.24) is 19.9 Å². The molecule has 8 bridgehead atoms. The molecular formula is C40H20CoN4O8. The minimum absolute atomic E-state index is 0. The predicted octanol–water partition coefficient (Wildman–Crippen LogP) is 5.41. The van der Waals surface area contributed by atoms with Crippen molar-refractivity contribution in [2.45, 2.75) is 0 Å². The van der Waals surface area contributed by atoms with E-state index in [1.807, 2.05) is 0 Å². The Morgan fingerprint density at radius 1 is 0.434 bits per heavy atom. The van der Waals surface area contributed by atoms with Gasteiger partial charge in [-0.15, -0.1) is 0 Å². The number of aromatic amines is 2. The number of carboxylic acid groups (broad SMARTS) is 4. The first kappa shape index (κ1) is 33.1. The Kier molecular flexibility index (Phi) is 7.49. The van der Waals surface area contributed by atoms with Crippen molar-refractivity contribution in [2.75, 3.05) is 0 Å². The van der Waals surface area contributed by atoms with Gasteiger partial charge in [0.2, 0.25) is 0 Å². The van der Waals surface area contributed by atoms with Crippen molar-refractivity contribution in [3.8, 4) is 45.0 Å². The Morgan fingerprint density at radius 3 is 1.40 bits per heavy atom. The number of hydrogen-bond donors (Lipinski definition) is 4. The van der Waals surface area contributed by atoms with E-state index >= 15 is 0 Å². The molecule has 4 N–H and O–H groups in total. The monoisotopic (exact) mass is 743 g/mol. The van der Waals surface area contributed by atoms with Crippen molar-refractivity contribution >= 4 is 67.5 Å². The molecule has 0 spiro atoms. The fraction of sp³-hybridized carbons (Fsp3) is 0. The molecule has 3 aromatic heterocycles. The zero-order valence-electron chi connectivity index (χ0n) is 26.8. The Bertz CT molecular complexity index is 3000. The topological polar surface area (TPSA) is 212 Å². The first-order valence-corrected chi connectivity index (χ1v) is 15.8. The van der Waals surface area contributed by atoms with Crippen molar-refractivity contribution in [1.29, 1.82) is 0 Å². The molecule has 5 heterocycles. The quantitative estimate of drug-likeness (QED) is 0.180. The van der Waals surface area contributed by atoms with Gasteiger partial charge >= 0.3 is 28.7 Å². The maximum absolute atomic E-state index is 12.0. The number of benzene rings is 4. The number of aromatic carboxylic acids is 4. The number of rotatable bonds is 4. The number of carboxylic acids is 4. The smallest absolute Gasteiger partial charge is 0.545 e. The van der Waals surface area contributed by atoms with Gasteiger partial charge in [0.15, 0.2) is 0 Å². The van der Waals surface area contributed by atoms with Crippen molar-refractivity contribution in [3.05, 3.63) is 119 Å². The fourth-order valence-electron chi connectivity index (χ4n) is 6.99. The average molecular weight is 744 g/mol. The van der Waals surface area contributed by atoms with Crippen LogP contribution in [-0.2, 0) is 16.8 Å². The zero-order valence-corrected chi connectivity index (χ0v) is 27.9. The van der Waals surface area contributed by atoms with Crippen molar-refractivity contribution in [3.63, 3.8) is 0 Å².